The highest BCUT2D eigenvalue weighted by Gasteiger charge is 2.22. The summed E-state index contributed by atoms with van der Waals surface area (Å²) in [7, 11) is 0. The Morgan fingerprint density at radius 1 is 1.08 bits per heavy atom. The van der Waals surface area contributed by atoms with Gasteiger partial charge in [0.05, 0.1) is 18.9 Å². The molecular weight excluding hydrogens is 328 g/mol. The first-order valence-electron chi connectivity index (χ1n) is 9.27. The summed E-state index contributed by atoms with van der Waals surface area (Å²) in [5.74, 6) is 1.00. The van der Waals surface area contributed by atoms with E-state index in [1.807, 2.05) is 35.2 Å². The highest BCUT2D eigenvalue weighted by atomic mass is 16.5. The van der Waals surface area contributed by atoms with E-state index in [1.165, 1.54) is 5.56 Å². The minimum atomic E-state index is 0.214. The van der Waals surface area contributed by atoms with E-state index < -0.39 is 0 Å². The molecule has 0 bridgehead atoms. The molecule has 1 aliphatic heterocycles. The van der Waals surface area contributed by atoms with E-state index in [-0.39, 0.29) is 12.0 Å². The smallest absolute Gasteiger partial charge is 0.222 e. The molecule has 1 fully saturated rings. The van der Waals surface area contributed by atoms with Crippen molar-refractivity contribution in [3.8, 4) is 5.75 Å². The average molecular weight is 354 g/mol. The van der Waals surface area contributed by atoms with E-state index in [1.54, 1.807) is 12.4 Å². The third-order valence-corrected chi connectivity index (χ3v) is 4.61. The minimum Gasteiger partial charge on any atom is -0.490 e. The Hall–Kier alpha value is -2.40. The number of likely N-dealkylation sites (tertiary alicyclic amines) is 1. The average Bonchev–Trinajstić information content (AvgIpc) is 2.71. The maximum atomic E-state index is 12.4. The van der Waals surface area contributed by atoms with Gasteiger partial charge < -0.3 is 14.4 Å². The quantitative estimate of drug-likeness (QED) is 0.684. The molecule has 0 saturated carbocycles. The maximum Gasteiger partial charge on any atom is 0.222 e. The highest BCUT2D eigenvalue weighted by Crippen LogP contribution is 2.16. The molecule has 0 aliphatic carbocycles. The van der Waals surface area contributed by atoms with Crippen molar-refractivity contribution in [1.29, 1.82) is 0 Å². The molecule has 0 N–H and O–H groups in total. The lowest BCUT2D eigenvalue weighted by molar-refractivity contribution is -0.133. The fraction of sp³-hybridized carbons (Fsp3) is 0.429. The van der Waals surface area contributed by atoms with Crippen molar-refractivity contribution in [2.24, 2.45) is 0 Å². The lowest BCUT2D eigenvalue weighted by Crippen LogP contribution is -2.41. The largest absolute Gasteiger partial charge is 0.490 e. The fourth-order valence-corrected chi connectivity index (χ4v) is 3.13. The number of aryl methyl sites for hydroxylation is 1. The second kappa shape index (κ2) is 9.92. The van der Waals surface area contributed by atoms with Gasteiger partial charge in [0.1, 0.15) is 12.4 Å². The van der Waals surface area contributed by atoms with Crippen LogP contribution in [-0.4, -0.2) is 48.2 Å². The Labute approximate surface area is 155 Å². The van der Waals surface area contributed by atoms with Crippen LogP contribution in [0.3, 0.4) is 0 Å². The molecule has 5 nitrogen and oxygen atoms in total. The van der Waals surface area contributed by atoms with Crippen LogP contribution in [0.2, 0.25) is 0 Å². The zero-order chi connectivity index (χ0) is 18.0. The van der Waals surface area contributed by atoms with Crippen molar-refractivity contribution in [1.82, 2.24) is 9.88 Å². The van der Waals surface area contributed by atoms with Gasteiger partial charge in [-0.3, -0.25) is 9.78 Å². The molecule has 1 saturated heterocycles. The molecule has 2 heterocycles. The van der Waals surface area contributed by atoms with E-state index in [4.69, 9.17) is 9.47 Å². The number of carbonyl (C=O) groups is 1. The third-order valence-electron chi connectivity index (χ3n) is 4.61. The van der Waals surface area contributed by atoms with Crippen molar-refractivity contribution in [2.45, 2.75) is 31.8 Å². The Bertz CT molecular complexity index is 655. The predicted octanol–water partition coefficient (Wildman–Crippen LogP) is 3.10. The number of piperidine rings is 1. The van der Waals surface area contributed by atoms with Gasteiger partial charge in [-0.25, -0.2) is 0 Å². The molecule has 0 radical (unpaired) electrons. The predicted molar refractivity (Wildman–Crippen MR) is 100 cm³/mol. The second-order valence-corrected chi connectivity index (χ2v) is 6.47. The highest BCUT2D eigenvalue weighted by molar-refractivity contribution is 5.76. The number of pyridine rings is 1. The molecule has 2 aromatic rings. The lowest BCUT2D eigenvalue weighted by atomic mass is 10.1. The monoisotopic (exact) mass is 354 g/mol. The van der Waals surface area contributed by atoms with E-state index in [0.29, 0.717) is 19.6 Å². The standard InChI is InChI=1S/C21H26N2O3/c24-21(9-8-18-5-2-1-3-6-18)23-13-10-19(11-14-23)25-15-16-26-20-7-4-12-22-17-20/h1-7,12,17,19H,8-11,13-16H2. The zero-order valence-corrected chi connectivity index (χ0v) is 15.0. The van der Waals surface area contributed by atoms with Gasteiger partial charge in [0, 0.05) is 25.7 Å². The lowest BCUT2D eigenvalue weighted by Gasteiger charge is -2.32. The van der Waals surface area contributed by atoms with E-state index in [2.05, 4.69) is 17.1 Å². The Kier molecular flexibility index (Phi) is 7.02. The van der Waals surface area contributed by atoms with Gasteiger partial charge in [0.2, 0.25) is 5.91 Å². The van der Waals surface area contributed by atoms with Crippen LogP contribution < -0.4 is 4.74 Å². The normalized spacial score (nSPS) is 15.0. The first kappa shape index (κ1) is 18.4. The maximum absolute atomic E-state index is 12.4. The van der Waals surface area contributed by atoms with Crippen LogP contribution in [0.25, 0.3) is 0 Å². The van der Waals surface area contributed by atoms with E-state index in [9.17, 15) is 4.79 Å². The molecule has 26 heavy (non-hydrogen) atoms. The fourth-order valence-electron chi connectivity index (χ4n) is 3.13. The molecule has 0 atom stereocenters. The summed E-state index contributed by atoms with van der Waals surface area (Å²) in [5, 5.41) is 0. The van der Waals surface area contributed by atoms with Crippen molar-refractivity contribution < 1.29 is 14.3 Å². The van der Waals surface area contributed by atoms with Crippen LogP contribution in [0.4, 0.5) is 0 Å². The summed E-state index contributed by atoms with van der Waals surface area (Å²) in [4.78, 5) is 18.3. The van der Waals surface area contributed by atoms with Crippen LogP contribution >= 0.6 is 0 Å². The van der Waals surface area contributed by atoms with Gasteiger partial charge in [-0.05, 0) is 37.0 Å². The molecule has 1 aromatic heterocycles. The molecule has 3 rings (SSSR count). The summed E-state index contributed by atoms with van der Waals surface area (Å²) >= 11 is 0. The van der Waals surface area contributed by atoms with E-state index >= 15 is 0 Å². The van der Waals surface area contributed by atoms with Gasteiger partial charge >= 0.3 is 0 Å². The number of ether oxygens (including phenoxy) is 2. The van der Waals surface area contributed by atoms with Gasteiger partial charge in [-0.2, -0.15) is 0 Å². The number of aromatic nitrogens is 1. The molecule has 5 heteroatoms. The topological polar surface area (TPSA) is 51.7 Å². The van der Waals surface area contributed by atoms with Gasteiger partial charge in [0.15, 0.2) is 0 Å². The summed E-state index contributed by atoms with van der Waals surface area (Å²) in [6.07, 6.45) is 6.80. The van der Waals surface area contributed by atoms with Crippen molar-refractivity contribution >= 4 is 5.91 Å². The second-order valence-electron chi connectivity index (χ2n) is 6.47. The number of amides is 1. The van der Waals surface area contributed by atoms with E-state index in [0.717, 1.165) is 38.1 Å². The van der Waals surface area contributed by atoms with Crippen LogP contribution in [-0.2, 0) is 16.0 Å². The number of carbonyl (C=O) groups excluding carboxylic acids is 1. The van der Waals surface area contributed by atoms with Crippen LogP contribution in [0.1, 0.15) is 24.8 Å². The summed E-state index contributed by atoms with van der Waals surface area (Å²) in [6, 6.07) is 13.9. The van der Waals surface area contributed by atoms with Crippen molar-refractivity contribution in [2.75, 3.05) is 26.3 Å². The number of benzene rings is 1. The van der Waals surface area contributed by atoms with Crippen LogP contribution in [0.5, 0.6) is 5.75 Å². The number of nitrogens with zero attached hydrogens (tertiary/aromatic N) is 2. The zero-order valence-electron chi connectivity index (χ0n) is 15.0. The first-order valence-corrected chi connectivity index (χ1v) is 9.27. The number of rotatable bonds is 8. The van der Waals surface area contributed by atoms with Gasteiger partial charge in [0.25, 0.3) is 0 Å². The molecule has 0 spiro atoms. The molecule has 0 unspecified atom stereocenters. The van der Waals surface area contributed by atoms with Crippen LogP contribution in [0, 0.1) is 0 Å². The van der Waals surface area contributed by atoms with Crippen LogP contribution in [0.15, 0.2) is 54.9 Å². The number of hydrogen-bond donors (Lipinski definition) is 0. The Balaban J connectivity index is 1.29. The molecule has 1 aliphatic rings. The summed E-state index contributed by atoms with van der Waals surface area (Å²) in [6.45, 7) is 2.63. The minimum absolute atomic E-state index is 0.214. The van der Waals surface area contributed by atoms with Gasteiger partial charge in [-0.1, -0.05) is 30.3 Å². The Morgan fingerprint density at radius 2 is 1.88 bits per heavy atom. The molecule has 138 valence electrons. The first-order chi connectivity index (χ1) is 12.8. The number of hydrogen-bond acceptors (Lipinski definition) is 4. The van der Waals surface area contributed by atoms with Crippen molar-refractivity contribution in [3.63, 3.8) is 0 Å². The van der Waals surface area contributed by atoms with Gasteiger partial charge in [-0.15, -0.1) is 0 Å². The molecule has 1 aromatic carbocycles. The summed E-state index contributed by atoms with van der Waals surface area (Å²) < 4.78 is 11.5. The molecular formula is C21H26N2O3. The SMILES string of the molecule is O=C(CCc1ccccc1)N1CCC(OCCOc2cccnc2)CC1. The Morgan fingerprint density at radius 3 is 2.62 bits per heavy atom. The van der Waals surface area contributed by atoms with Crippen molar-refractivity contribution in [3.05, 3.63) is 60.4 Å². The molecule has 1 amide bonds. The summed E-state index contributed by atoms with van der Waals surface area (Å²) in [5.41, 5.74) is 1.22. The third kappa shape index (κ3) is 5.85.